The topological polar surface area (TPSA) is 128 Å². The predicted octanol–water partition coefficient (Wildman–Crippen LogP) is 1.95. The van der Waals surface area contributed by atoms with E-state index in [1.807, 2.05) is 0 Å². The van der Waals surface area contributed by atoms with Crippen molar-refractivity contribution < 1.29 is 14.7 Å². The van der Waals surface area contributed by atoms with Crippen molar-refractivity contribution in [3.63, 3.8) is 0 Å². The Morgan fingerprint density at radius 2 is 1.71 bits per heavy atom. The van der Waals surface area contributed by atoms with Crippen LogP contribution in [0, 0.1) is 11.3 Å². The first kappa shape index (κ1) is 16.6. The van der Waals surface area contributed by atoms with E-state index in [0.29, 0.717) is 5.69 Å². The van der Waals surface area contributed by atoms with Gasteiger partial charge in [-0.05, 0) is 24.3 Å². The van der Waals surface area contributed by atoms with Crippen molar-refractivity contribution in [2.45, 2.75) is 0 Å². The molecule has 0 unspecified atom stereocenters. The lowest BCUT2D eigenvalue weighted by atomic mass is 10.1. The summed E-state index contributed by atoms with van der Waals surface area (Å²) in [5, 5.41) is 23.9. The highest BCUT2D eigenvalue weighted by Gasteiger charge is 2.12. The van der Waals surface area contributed by atoms with E-state index in [9.17, 15) is 14.7 Å². The molecule has 7 heteroatoms. The number of phenolic OH excluding ortho intramolecular Hbond substituents is 1. The Balaban J connectivity index is 2.18. The van der Waals surface area contributed by atoms with E-state index in [4.69, 9.17) is 11.0 Å². The van der Waals surface area contributed by atoms with Gasteiger partial charge in [0.05, 0.1) is 16.9 Å². The summed E-state index contributed by atoms with van der Waals surface area (Å²) in [6.07, 6.45) is 1.16. The lowest BCUT2D eigenvalue weighted by Gasteiger charge is -2.08. The molecule has 0 saturated heterocycles. The van der Waals surface area contributed by atoms with E-state index >= 15 is 0 Å². The first-order valence-corrected chi connectivity index (χ1v) is 6.88. The lowest BCUT2D eigenvalue weighted by Crippen LogP contribution is -2.16. The van der Waals surface area contributed by atoms with Crippen LogP contribution in [-0.2, 0) is 4.79 Å². The van der Waals surface area contributed by atoms with E-state index in [-0.39, 0.29) is 22.6 Å². The molecule has 0 saturated carbocycles. The van der Waals surface area contributed by atoms with Crippen LogP contribution in [-0.4, -0.2) is 16.9 Å². The van der Waals surface area contributed by atoms with Crippen molar-refractivity contribution in [1.82, 2.24) is 0 Å². The standard InChI is InChI=1S/C17H14N4O3/c18-9-11(17(24)21-14-7-3-4-8-15(14)22)10-20-13-6-2-1-5-12(13)16(19)23/h1-8,10,20,22H,(H2,19,23)(H,21,24)/b11-10-. The van der Waals surface area contributed by atoms with Gasteiger partial charge in [0.2, 0.25) is 0 Å². The van der Waals surface area contributed by atoms with Gasteiger partial charge >= 0.3 is 0 Å². The summed E-state index contributed by atoms with van der Waals surface area (Å²) >= 11 is 0. The zero-order valence-electron chi connectivity index (χ0n) is 12.5. The quantitative estimate of drug-likeness (QED) is 0.380. The van der Waals surface area contributed by atoms with E-state index in [1.54, 1.807) is 36.4 Å². The van der Waals surface area contributed by atoms with Gasteiger partial charge in [-0.2, -0.15) is 5.26 Å². The van der Waals surface area contributed by atoms with Gasteiger partial charge in [0.1, 0.15) is 17.4 Å². The second-order valence-corrected chi connectivity index (χ2v) is 4.70. The summed E-state index contributed by atoms with van der Waals surface area (Å²) in [4.78, 5) is 23.4. The minimum absolute atomic E-state index is 0.116. The third-order valence-electron chi connectivity index (χ3n) is 3.08. The van der Waals surface area contributed by atoms with Gasteiger partial charge < -0.3 is 21.5 Å². The highest BCUT2D eigenvalue weighted by molar-refractivity contribution is 6.07. The summed E-state index contributed by atoms with van der Waals surface area (Å²) in [7, 11) is 0. The Bertz CT molecular complexity index is 853. The van der Waals surface area contributed by atoms with Gasteiger partial charge in [-0.3, -0.25) is 9.59 Å². The second-order valence-electron chi connectivity index (χ2n) is 4.70. The molecule has 24 heavy (non-hydrogen) atoms. The zero-order chi connectivity index (χ0) is 17.5. The average Bonchev–Trinajstić information content (AvgIpc) is 2.57. The number of carbonyl (C=O) groups excluding carboxylic acids is 2. The fraction of sp³-hybridized carbons (Fsp3) is 0. The molecule has 0 fully saturated rings. The van der Waals surface area contributed by atoms with Gasteiger partial charge in [0, 0.05) is 6.20 Å². The van der Waals surface area contributed by atoms with Crippen LogP contribution in [0.1, 0.15) is 10.4 Å². The summed E-state index contributed by atoms with van der Waals surface area (Å²) in [5.41, 5.74) is 5.80. The molecular weight excluding hydrogens is 308 g/mol. The molecule has 0 aliphatic carbocycles. The summed E-state index contributed by atoms with van der Waals surface area (Å²) in [6.45, 7) is 0. The maximum atomic E-state index is 12.1. The molecule has 0 aliphatic rings. The third kappa shape index (κ3) is 3.90. The molecule has 5 N–H and O–H groups in total. The molecule has 0 aromatic heterocycles. The first-order valence-electron chi connectivity index (χ1n) is 6.88. The van der Waals surface area contributed by atoms with E-state index < -0.39 is 11.8 Å². The first-order chi connectivity index (χ1) is 11.5. The Kier molecular flexibility index (Phi) is 5.16. The maximum Gasteiger partial charge on any atom is 0.267 e. The van der Waals surface area contributed by atoms with Crippen LogP contribution in [0.2, 0.25) is 0 Å². The number of para-hydroxylation sites is 3. The number of nitrogens with two attached hydrogens (primary N) is 1. The number of carbonyl (C=O) groups is 2. The van der Waals surface area contributed by atoms with Crippen LogP contribution in [0.5, 0.6) is 5.75 Å². The summed E-state index contributed by atoms with van der Waals surface area (Å²) in [6, 6.07) is 14.3. The van der Waals surface area contributed by atoms with Crippen molar-refractivity contribution in [3.8, 4) is 11.8 Å². The molecule has 0 spiro atoms. The fourth-order valence-corrected chi connectivity index (χ4v) is 1.89. The number of nitrogens with zero attached hydrogens (tertiary/aromatic N) is 1. The monoisotopic (exact) mass is 322 g/mol. The number of aromatic hydroxyl groups is 1. The molecule has 0 atom stereocenters. The average molecular weight is 322 g/mol. The van der Waals surface area contributed by atoms with Crippen LogP contribution in [0.4, 0.5) is 11.4 Å². The Labute approximate surface area is 138 Å². The number of hydrogen-bond acceptors (Lipinski definition) is 5. The fourth-order valence-electron chi connectivity index (χ4n) is 1.89. The molecule has 2 aromatic carbocycles. The normalized spacial score (nSPS) is 10.5. The Hall–Kier alpha value is -3.79. The number of nitriles is 1. The molecule has 7 nitrogen and oxygen atoms in total. The van der Waals surface area contributed by atoms with Crippen molar-refractivity contribution >= 4 is 23.2 Å². The van der Waals surface area contributed by atoms with Gasteiger partial charge in [-0.15, -0.1) is 0 Å². The number of primary amides is 1. The molecular formula is C17H14N4O3. The van der Waals surface area contributed by atoms with E-state index in [0.717, 1.165) is 6.20 Å². The van der Waals surface area contributed by atoms with Gasteiger partial charge in [0.25, 0.3) is 11.8 Å². The SMILES string of the molecule is N#C/C(=C/Nc1ccccc1C(N)=O)C(=O)Nc1ccccc1O. The van der Waals surface area contributed by atoms with Crippen molar-refractivity contribution in [2.75, 3.05) is 10.6 Å². The van der Waals surface area contributed by atoms with Crippen molar-refractivity contribution in [1.29, 1.82) is 5.26 Å². The van der Waals surface area contributed by atoms with E-state index in [2.05, 4.69) is 10.6 Å². The molecule has 0 heterocycles. The van der Waals surface area contributed by atoms with E-state index in [1.165, 1.54) is 18.2 Å². The molecule has 2 rings (SSSR count). The smallest absolute Gasteiger partial charge is 0.267 e. The van der Waals surface area contributed by atoms with Gasteiger partial charge in [-0.25, -0.2) is 0 Å². The summed E-state index contributed by atoms with van der Waals surface area (Å²) < 4.78 is 0. The minimum atomic E-state index is -0.706. The molecule has 120 valence electrons. The highest BCUT2D eigenvalue weighted by atomic mass is 16.3. The number of hydrogen-bond donors (Lipinski definition) is 4. The molecule has 0 aliphatic heterocycles. The van der Waals surface area contributed by atoms with Crippen LogP contribution in [0.3, 0.4) is 0 Å². The lowest BCUT2D eigenvalue weighted by molar-refractivity contribution is -0.112. The number of rotatable bonds is 5. The second kappa shape index (κ2) is 7.47. The van der Waals surface area contributed by atoms with Gasteiger partial charge in [0.15, 0.2) is 0 Å². The van der Waals surface area contributed by atoms with Gasteiger partial charge in [-0.1, -0.05) is 24.3 Å². The third-order valence-corrected chi connectivity index (χ3v) is 3.08. The largest absolute Gasteiger partial charge is 0.506 e. The van der Waals surface area contributed by atoms with Crippen molar-refractivity contribution in [2.24, 2.45) is 5.73 Å². The number of phenols is 1. The Morgan fingerprint density at radius 1 is 1.08 bits per heavy atom. The highest BCUT2D eigenvalue weighted by Crippen LogP contribution is 2.22. The minimum Gasteiger partial charge on any atom is -0.506 e. The molecule has 2 aromatic rings. The Morgan fingerprint density at radius 3 is 2.33 bits per heavy atom. The molecule has 2 amide bonds. The number of nitrogens with one attached hydrogen (secondary N) is 2. The maximum absolute atomic E-state index is 12.1. The van der Waals surface area contributed by atoms with Crippen molar-refractivity contribution in [3.05, 3.63) is 65.9 Å². The van der Waals surface area contributed by atoms with Crippen LogP contribution >= 0.6 is 0 Å². The zero-order valence-corrected chi connectivity index (χ0v) is 12.5. The summed E-state index contributed by atoms with van der Waals surface area (Å²) in [5.74, 6) is -1.46. The van der Waals surface area contributed by atoms with Crippen LogP contribution in [0.15, 0.2) is 60.3 Å². The number of anilines is 2. The van der Waals surface area contributed by atoms with Crippen LogP contribution < -0.4 is 16.4 Å². The molecule has 0 radical (unpaired) electrons. The number of amides is 2. The number of benzene rings is 2. The predicted molar refractivity (Wildman–Crippen MR) is 89.0 cm³/mol. The molecule has 0 bridgehead atoms. The van der Waals surface area contributed by atoms with Crippen LogP contribution in [0.25, 0.3) is 0 Å².